The van der Waals surface area contributed by atoms with Gasteiger partial charge in [-0.15, -0.1) is 0 Å². The number of nitrogens with one attached hydrogen (secondary N) is 1. The van der Waals surface area contributed by atoms with Crippen LogP contribution in [-0.2, 0) is 14.6 Å². The second kappa shape index (κ2) is 7.09. The van der Waals surface area contributed by atoms with Gasteiger partial charge in [0.25, 0.3) is 0 Å². The van der Waals surface area contributed by atoms with Crippen LogP contribution in [0.3, 0.4) is 0 Å². The van der Waals surface area contributed by atoms with Gasteiger partial charge in [0.15, 0.2) is 9.84 Å². The summed E-state index contributed by atoms with van der Waals surface area (Å²) in [5, 5.41) is 1.78. The fourth-order valence-electron chi connectivity index (χ4n) is 2.53. The normalized spacial score (nSPS) is 18.0. The lowest BCUT2D eigenvalue weighted by molar-refractivity contribution is -0.120. The van der Waals surface area contributed by atoms with Crippen LogP contribution in [0, 0.1) is 5.92 Å². The molecule has 1 aliphatic rings. The quantitative estimate of drug-likeness (QED) is 0.868. The van der Waals surface area contributed by atoms with Crippen LogP contribution in [0.25, 0.3) is 0 Å². The van der Waals surface area contributed by atoms with Crippen LogP contribution in [0.15, 0.2) is 24.5 Å². The molecule has 1 aromatic heterocycles. The van der Waals surface area contributed by atoms with Crippen molar-refractivity contribution in [3.8, 4) is 0 Å². The maximum atomic E-state index is 11.8. The van der Waals surface area contributed by atoms with Gasteiger partial charge in [-0.25, -0.2) is 8.42 Å². The molecule has 1 atom stereocenters. The van der Waals surface area contributed by atoms with Crippen LogP contribution in [0.5, 0.6) is 0 Å². The van der Waals surface area contributed by atoms with Crippen LogP contribution in [0.1, 0.15) is 19.8 Å². The van der Waals surface area contributed by atoms with E-state index in [2.05, 4.69) is 15.2 Å². The SMILES string of the molecule is C[C@@H](C(=O)NCC1CCN(c2ccncc2)CC1)S(C)(=O)=O. The van der Waals surface area contributed by atoms with E-state index in [9.17, 15) is 13.2 Å². The van der Waals surface area contributed by atoms with Gasteiger partial charge in [0.1, 0.15) is 5.25 Å². The van der Waals surface area contributed by atoms with Gasteiger partial charge in [-0.05, 0) is 37.8 Å². The minimum atomic E-state index is -3.33. The number of pyridine rings is 1. The number of aromatic nitrogens is 1. The molecule has 1 aromatic rings. The lowest BCUT2D eigenvalue weighted by Crippen LogP contribution is -2.42. The van der Waals surface area contributed by atoms with Crippen molar-refractivity contribution >= 4 is 21.4 Å². The number of carbonyl (C=O) groups is 1. The first-order chi connectivity index (χ1) is 10.4. The Hall–Kier alpha value is -1.63. The predicted octanol–water partition coefficient (Wildman–Crippen LogP) is 0.847. The van der Waals surface area contributed by atoms with Gasteiger partial charge >= 0.3 is 0 Å². The molecule has 7 heteroatoms. The maximum absolute atomic E-state index is 11.8. The van der Waals surface area contributed by atoms with Crippen molar-refractivity contribution in [1.29, 1.82) is 0 Å². The van der Waals surface area contributed by atoms with Crippen molar-refractivity contribution in [2.45, 2.75) is 25.0 Å². The van der Waals surface area contributed by atoms with Gasteiger partial charge in [-0.3, -0.25) is 9.78 Å². The van der Waals surface area contributed by atoms with E-state index in [0.29, 0.717) is 12.5 Å². The molecule has 0 bridgehead atoms. The molecule has 0 unspecified atom stereocenters. The summed E-state index contributed by atoms with van der Waals surface area (Å²) < 4.78 is 22.7. The van der Waals surface area contributed by atoms with Crippen LogP contribution in [0.2, 0.25) is 0 Å². The Kier molecular flexibility index (Phi) is 5.39. The number of hydrogen-bond acceptors (Lipinski definition) is 5. The Morgan fingerprint density at radius 2 is 1.95 bits per heavy atom. The molecule has 1 N–H and O–H groups in total. The zero-order chi connectivity index (χ0) is 16.2. The minimum absolute atomic E-state index is 0.397. The number of anilines is 1. The van der Waals surface area contributed by atoms with Gasteiger partial charge in [-0.2, -0.15) is 0 Å². The molecule has 1 fully saturated rings. The van der Waals surface area contributed by atoms with E-state index in [0.717, 1.165) is 32.2 Å². The Bertz CT molecular complexity index is 596. The molecule has 0 saturated carbocycles. The summed E-state index contributed by atoms with van der Waals surface area (Å²) in [6.07, 6.45) is 6.62. The van der Waals surface area contributed by atoms with Gasteiger partial charge in [0.05, 0.1) is 0 Å². The molecule has 122 valence electrons. The average Bonchev–Trinajstić information content (AvgIpc) is 2.52. The number of hydrogen-bond donors (Lipinski definition) is 1. The van der Waals surface area contributed by atoms with Crippen molar-refractivity contribution in [1.82, 2.24) is 10.3 Å². The fraction of sp³-hybridized carbons (Fsp3) is 0.600. The van der Waals surface area contributed by atoms with Crippen molar-refractivity contribution in [3.05, 3.63) is 24.5 Å². The first-order valence-corrected chi connectivity index (χ1v) is 9.45. The number of piperidine rings is 1. The first-order valence-electron chi connectivity index (χ1n) is 7.49. The molecule has 6 nitrogen and oxygen atoms in total. The summed E-state index contributed by atoms with van der Waals surface area (Å²) in [6, 6.07) is 3.99. The highest BCUT2D eigenvalue weighted by atomic mass is 32.2. The molecule has 0 aromatic carbocycles. The third kappa shape index (κ3) is 4.43. The van der Waals surface area contributed by atoms with Crippen LogP contribution in [-0.4, -0.2) is 50.4 Å². The summed E-state index contributed by atoms with van der Waals surface area (Å²) >= 11 is 0. The zero-order valence-electron chi connectivity index (χ0n) is 13.0. The number of rotatable bonds is 5. The fourth-order valence-corrected chi connectivity index (χ4v) is 3.01. The minimum Gasteiger partial charge on any atom is -0.371 e. The maximum Gasteiger partial charge on any atom is 0.238 e. The zero-order valence-corrected chi connectivity index (χ0v) is 13.8. The summed E-state index contributed by atoms with van der Waals surface area (Å²) in [7, 11) is -3.33. The van der Waals surface area contributed by atoms with Crippen LogP contribution >= 0.6 is 0 Å². The van der Waals surface area contributed by atoms with E-state index in [-0.39, 0.29) is 0 Å². The van der Waals surface area contributed by atoms with Gasteiger partial charge in [0, 0.05) is 44.0 Å². The molecule has 22 heavy (non-hydrogen) atoms. The van der Waals surface area contributed by atoms with Gasteiger partial charge in [0.2, 0.25) is 5.91 Å². The highest BCUT2D eigenvalue weighted by Crippen LogP contribution is 2.22. The van der Waals surface area contributed by atoms with E-state index in [4.69, 9.17) is 0 Å². The lowest BCUT2D eigenvalue weighted by Gasteiger charge is -2.33. The summed E-state index contributed by atoms with van der Waals surface area (Å²) in [5.41, 5.74) is 1.17. The van der Waals surface area contributed by atoms with E-state index >= 15 is 0 Å². The monoisotopic (exact) mass is 325 g/mol. The summed E-state index contributed by atoms with van der Waals surface area (Å²) in [6.45, 7) is 3.85. The average molecular weight is 325 g/mol. The van der Waals surface area contributed by atoms with Gasteiger partial charge in [-0.1, -0.05) is 0 Å². The second-order valence-corrected chi connectivity index (χ2v) is 8.22. The molecular formula is C15H23N3O3S. The Morgan fingerprint density at radius 1 is 1.36 bits per heavy atom. The van der Waals surface area contributed by atoms with E-state index in [1.165, 1.54) is 12.6 Å². The number of nitrogens with zero attached hydrogens (tertiary/aromatic N) is 2. The van der Waals surface area contributed by atoms with Crippen LogP contribution < -0.4 is 10.2 Å². The van der Waals surface area contributed by atoms with E-state index in [1.54, 1.807) is 12.4 Å². The topological polar surface area (TPSA) is 79.4 Å². The lowest BCUT2D eigenvalue weighted by atomic mass is 9.96. The number of sulfone groups is 1. The molecule has 1 saturated heterocycles. The predicted molar refractivity (Wildman–Crippen MR) is 86.5 cm³/mol. The van der Waals surface area contributed by atoms with Crippen molar-refractivity contribution in [3.63, 3.8) is 0 Å². The molecular weight excluding hydrogens is 302 g/mol. The van der Waals surface area contributed by atoms with Crippen molar-refractivity contribution in [2.24, 2.45) is 5.92 Å². The molecule has 2 rings (SSSR count). The van der Waals surface area contributed by atoms with Crippen molar-refractivity contribution in [2.75, 3.05) is 30.8 Å². The number of carbonyl (C=O) groups excluding carboxylic acids is 1. The highest BCUT2D eigenvalue weighted by molar-refractivity contribution is 7.92. The summed E-state index contributed by atoms with van der Waals surface area (Å²) in [5.74, 6) is -0.00661. The highest BCUT2D eigenvalue weighted by Gasteiger charge is 2.25. The molecule has 0 aliphatic carbocycles. The Morgan fingerprint density at radius 3 is 2.50 bits per heavy atom. The van der Waals surface area contributed by atoms with Gasteiger partial charge < -0.3 is 10.2 Å². The molecule has 1 amide bonds. The standard InChI is InChI=1S/C15H23N3O3S/c1-12(22(2,20)21)15(19)17-11-13-5-9-18(10-6-13)14-3-7-16-8-4-14/h3-4,7-8,12-13H,5-6,9-11H2,1-2H3,(H,17,19)/t12-/m0/s1. The largest absolute Gasteiger partial charge is 0.371 e. The summed E-state index contributed by atoms with van der Waals surface area (Å²) in [4.78, 5) is 18.1. The third-order valence-electron chi connectivity index (χ3n) is 4.22. The van der Waals surface area contributed by atoms with E-state index < -0.39 is 21.0 Å². The third-order valence-corrected chi connectivity index (χ3v) is 5.72. The first kappa shape index (κ1) is 16.7. The smallest absolute Gasteiger partial charge is 0.238 e. The molecule has 1 aliphatic heterocycles. The Balaban J connectivity index is 1.77. The molecule has 2 heterocycles. The second-order valence-electron chi connectivity index (χ2n) is 5.85. The van der Waals surface area contributed by atoms with Crippen molar-refractivity contribution < 1.29 is 13.2 Å². The molecule has 0 radical (unpaired) electrons. The van der Waals surface area contributed by atoms with E-state index in [1.807, 2.05) is 12.1 Å². The molecule has 0 spiro atoms. The number of amides is 1. The van der Waals surface area contributed by atoms with Crippen LogP contribution in [0.4, 0.5) is 5.69 Å². The Labute approximate surface area is 131 Å².